The molecule has 0 saturated carbocycles. The third-order valence-electron chi connectivity index (χ3n) is 4.00. The first-order valence-corrected chi connectivity index (χ1v) is 5.92. The molecule has 5 nitrogen and oxygen atoms in total. The van der Waals surface area contributed by atoms with E-state index >= 15 is 0 Å². The highest BCUT2D eigenvalue weighted by Crippen LogP contribution is 2.50. The summed E-state index contributed by atoms with van der Waals surface area (Å²) in [7, 11) is 0. The average Bonchev–Trinajstić information content (AvgIpc) is 2.73. The molecule has 0 aliphatic carbocycles. The van der Waals surface area contributed by atoms with Gasteiger partial charge in [0.25, 0.3) is 0 Å². The van der Waals surface area contributed by atoms with E-state index in [-0.39, 0.29) is 36.1 Å². The maximum absolute atomic E-state index is 11.7. The summed E-state index contributed by atoms with van der Waals surface area (Å²) in [6.45, 7) is 1.29. The molecular formula is C11H14O5. The van der Waals surface area contributed by atoms with Crippen LogP contribution in [0.1, 0.15) is 12.8 Å². The first-order chi connectivity index (χ1) is 7.83. The predicted molar refractivity (Wildman–Crippen MR) is 50.4 cm³/mol. The number of epoxide rings is 1. The van der Waals surface area contributed by atoms with Gasteiger partial charge in [0, 0.05) is 0 Å². The second kappa shape index (κ2) is 3.18. The van der Waals surface area contributed by atoms with Gasteiger partial charge in [-0.1, -0.05) is 0 Å². The number of ether oxygens (including phenoxy) is 4. The number of cyclic esters (lactones) is 1. The fourth-order valence-electron chi connectivity index (χ4n) is 3.15. The molecule has 5 heteroatoms. The van der Waals surface area contributed by atoms with E-state index in [4.69, 9.17) is 18.9 Å². The van der Waals surface area contributed by atoms with E-state index in [0.717, 1.165) is 19.4 Å². The van der Waals surface area contributed by atoms with Crippen LogP contribution < -0.4 is 0 Å². The Hall–Kier alpha value is -0.650. The van der Waals surface area contributed by atoms with Crippen molar-refractivity contribution in [2.45, 2.75) is 37.4 Å². The van der Waals surface area contributed by atoms with Gasteiger partial charge in [0.1, 0.15) is 6.10 Å². The summed E-state index contributed by atoms with van der Waals surface area (Å²) in [5.41, 5.74) is 0. The van der Waals surface area contributed by atoms with Gasteiger partial charge < -0.3 is 18.9 Å². The summed E-state index contributed by atoms with van der Waals surface area (Å²) in [6.07, 6.45) is 2.05. The Labute approximate surface area is 93.0 Å². The average molecular weight is 226 g/mol. The molecule has 0 N–H and O–H groups in total. The van der Waals surface area contributed by atoms with E-state index in [9.17, 15) is 4.79 Å². The second-order valence-electron chi connectivity index (χ2n) is 4.99. The zero-order valence-corrected chi connectivity index (χ0v) is 8.83. The predicted octanol–water partition coefficient (Wildman–Crippen LogP) is 0.0783. The zero-order chi connectivity index (χ0) is 10.7. The summed E-state index contributed by atoms with van der Waals surface area (Å²) in [5, 5.41) is 0. The molecule has 16 heavy (non-hydrogen) atoms. The van der Waals surface area contributed by atoms with E-state index in [1.54, 1.807) is 0 Å². The summed E-state index contributed by atoms with van der Waals surface area (Å²) in [6, 6.07) is 0. The fourth-order valence-corrected chi connectivity index (χ4v) is 3.15. The first kappa shape index (κ1) is 9.39. The summed E-state index contributed by atoms with van der Waals surface area (Å²) >= 11 is 0. The number of esters is 1. The van der Waals surface area contributed by atoms with Crippen LogP contribution in [0.25, 0.3) is 0 Å². The van der Waals surface area contributed by atoms with Gasteiger partial charge in [-0.25, -0.2) is 0 Å². The fraction of sp³-hybridized carbons (Fsp3) is 0.909. The number of hydrogen-bond donors (Lipinski definition) is 0. The van der Waals surface area contributed by atoms with E-state index in [0.29, 0.717) is 6.61 Å². The molecule has 88 valence electrons. The molecule has 6 atom stereocenters. The van der Waals surface area contributed by atoms with Gasteiger partial charge in [-0.15, -0.1) is 0 Å². The number of carbonyl (C=O) groups is 1. The minimum atomic E-state index is -0.406. The van der Waals surface area contributed by atoms with E-state index < -0.39 is 6.29 Å². The third-order valence-corrected chi connectivity index (χ3v) is 4.00. The van der Waals surface area contributed by atoms with Crippen LogP contribution in [0.5, 0.6) is 0 Å². The van der Waals surface area contributed by atoms with Crippen molar-refractivity contribution in [2.24, 2.45) is 11.8 Å². The molecule has 4 aliphatic heterocycles. The van der Waals surface area contributed by atoms with Crippen molar-refractivity contribution in [3.8, 4) is 0 Å². The van der Waals surface area contributed by atoms with E-state index in [1.807, 2.05) is 0 Å². The molecule has 4 rings (SSSR count). The van der Waals surface area contributed by atoms with Crippen molar-refractivity contribution in [2.75, 3.05) is 13.2 Å². The standard InChI is InChI=1S/C11H14O5/c12-10-8-6-1-2-7(15-6)9(8)11(16-10)14-4-5-3-13-5/h5-9,11H,1-4H2/t5?,6-,7+,8-,9+,11-/m1/s1. The normalized spacial score (nSPS) is 52.9. The van der Waals surface area contributed by atoms with Crippen molar-refractivity contribution >= 4 is 5.97 Å². The van der Waals surface area contributed by atoms with Gasteiger partial charge in [0.05, 0.1) is 37.3 Å². The highest BCUT2D eigenvalue weighted by atomic mass is 16.7. The van der Waals surface area contributed by atoms with Crippen molar-refractivity contribution in [3.63, 3.8) is 0 Å². The van der Waals surface area contributed by atoms with Crippen LogP contribution in [0.3, 0.4) is 0 Å². The van der Waals surface area contributed by atoms with Crippen LogP contribution in [0.4, 0.5) is 0 Å². The lowest BCUT2D eigenvalue weighted by Crippen LogP contribution is -2.33. The Morgan fingerprint density at radius 2 is 2.12 bits per heavy atom. The number of fused-ring (bicyclic) bond motifs is 5. The van der Waals surface area contributed by atoms with E-state index in [2.05, 4.69) is 0 Å². The molecule has 0 aromatic rings. The van der Waals surface area contributed by atoms with Gasteiger partial charge in [-0.3, -0.25) is 4.79 Å². The number of rotatable bonds is 3. The van der Waals surface area contributed by atoms with Crippen molar-refractivity contribution in [1.29, 1.82) is 0 Å². The molecule has 4 aliphatic rings. The molecule has 0 aromatic heterocycles. The Bertz CT molecular complexity index is 326. The Morgan fingerprint density at radius 1 is 1.31 bits per heavy atom. The monoisotopic (exact) mass is 226 g/mol. The minimum Gasteiger partial charge on any atom is -0.435 e. The van der Waals surface area contributed by atoms with Crippen LogP contribution in [0, 0.1) is 11.8 Å². The smallest absolute Gasteiger partial charge is 0.314 e. The Kier molecular flexibility index (Phi) is 1.87. The molecule has 0 aromatic carbocycles. The van der Waals surface area contributed by atoms with Gasteiger partial charge >= 0.3 is 5.97 Å². The maximum atomic E-state index is 11.7. The molecule has 0 spiro atoms. The molecule has 4 heterocycles. The van der Waals surface area contributed by atoms with Gasteiger partial charge in [-0.2, -0.15) is 0 Å². The quantitative estimate of drug-likeness (QED) is 0.504. The topological polar surface area (TPSA) is 57.3 Å². The molecular weight excluding hydrogens is 212 g/mol. The summed E-state index contributed by atoms with van der Waals surface area (Å²) < 4.78 is 21.7. The summed E-state index contributed by atoms with van der Waals surface area (Å²) in [4.78, 5) is 11.7. The molecule has 4 saturated heterocycles. The van der Waals surface area contributed by atoms with Crippen LogP contribution in [-0.2, 0) is 23.7 Å². The van der Waals surface area contributed by atoms with Crippen LogP contribution in [-0.4, -0.2) is 43.8 Å². The van der Waals surface area contributed by atoms with E-state index in [1.165, 1.54) is 0 Å². The highest BCUT2D eigenvalue weighted by molar-refractivity contribution is 5.76. The molecule has 0 radical (unpaired) electrons. The molecule has 2 bridgehead atoms. The summed E-state index contributed by atoms with van der Waals surface area (Å²) in [5.74, 6) is -0.104. The van der Waals surface area contributed by atoms with Crippen LogP contribution in [0.2, 0.25) is 0 Å². The van der Waals surface area contributed by atoms with Crippen LogP contribution >= 0.6 is 0 Å². The third kappa shape index (κ3) is 1.25. The lowest BCUT2D eigenvalue weighted by molar-refractivity contribution is -0.175. The maximum Gasteiger partial charge on any atom is 0.314 e. The van der Waals surface area contributed by atoms with Gasteiger partial charge in [0.15, 0.2) is 0 Å². The van der Waals surface area contributed by atoms with Crippen molar-refractivity contribution in [1.82, 2.24) is 0 Å². The highest BCUT2D eigenvalue weighted by Gasteiger charge is 2.61. The van der Waals surface area contributed by atoms with Gasteiger partial charge in [-0.05, 0) is 12.8 Å². The molecule has 1 unspecified atom stereocenters. The Balaban J connectivity index is 1.49. The lowest BCUT2D eigenvalue weighted by atomic mass is 9.81. The number of hydrogen-bond acceptors (Lipinski definition) is 5. The second-order valence-corrected chi connectivity index (χ2v) is 4.99. The van der Waals surface area contributed by atoms with Crippen LogP contribution in [0.15, 0.2) is 0 Å². The van der Waals surface area contributed by atoms with Crippen molar-refractivity contribution in [3.05, 3.63) is 0 Å². The SMILES string of the molecule is O=C1O[C@@H](OCC2CO2)[C@@H]2[C@H]1[C@H]1CC[C@@H]2O1. The van der Waals surface area contributed by atoms with Crippen molar-refractivity contribution < 1.29 is 23.7 Å². The molecule has 0 amide bonds. The Morgan fingerprint density at radius 3 is 2.94 bits per heavy atom. The lowest BCUT2D eigenvalue weighted by Gasteiger charge is -2.21. The number of carbonyl (C=O) groups excluding carboxylic acids is 1. The van der Waals surface area contributed by atoms with Gasteiger partial charge in [0.2, 0.25) is 6.29 Å². The minimum absolute atomic E-state index is 0.0771. The largest absolute Gasteiger partial charge is 0.435 e. The first-order valence-electron chi connectivity index (χ1n) is 5.92. The molecule has 4 fully saturated rings. The zero-order valence-electron chi connectivity index (χ0n) is 8.83.